The first-order valence-electron chi connectivity index (χ1n) is 2.60. The normalized spacial score (nSPS) is 7.12. The fourth-order valence-corrected chi connectivity index (χ4v) is 0. The Morgan fingerprint density at radius 3 is 1.50 bits per heavy atom. The Hall–Kier alpha value is 1.11. The summed E-state index contributed by atoms with van der Waals surface area (Å²) in [6.45, 7) is 0.134. The molecule has 0 unspecified atom stereocenters. The van der Waals surface area contributed by atoms with Crippen LogP contribution in [-0.4, -0.2) is 37.2 Å². The van der Waals surface area contributed by atoms with Crippen molar-refractivity contribution in [3.05, 3.63) is 0 Å². The van der Waals surface area contributed by atoms with Crippen molar-refractivity contribution in [1.82, 2.24) is 0 Å². The van der Waals surface area contributed by atoms with Gasteiger partial charge in [0.05, 0.1) is 0 Å². The molecule has 0 bridgehead atoms. The van der Waals surface area contributed by atoms with E-state index in [1.807, 2.05) is 0 Å². The topological polar surface area (TPSA) is 20.2 Å². The fraction of sp³-hybridized carbons (Fsp3) is 1.00. The molecule has 0 rings (SSSR count). The molecular weight excluding hydrogens is 227 g/mol. The van der Waals surface area contributed by atoms with Crippen LogP contribution in [0.15, 0.2) is 0 Å². The number of hydrogen-bond acceptors (Lipinski definition) is 2. The molecule has 0 aliphatic carbocycles. The van der Waals surface area contributed by atoms with Gasteiger partial charge < -0.3 is 17.7 Å². The Labute approximate surface area is 64.6 Å². The van der Waals surface area contributed by atoms with Crippen molar-refractivity contribution in [3.8, 4) is 0 Å². The van der Waals surface area contributed by atoms with Gasteiger partial charge in [-0.2, -0.15) is 5.75 Å². The molecule has 0 amide bonds. The summed E-state index contributed by atoms with van der Waals surface area (Å²) in [6, 6.07) is 0. The van der Waals surface area contributed by atoms with E-state index in [1.54, 1.807) is 0 Å². The molecule has 0 aliphatic rings. The third kappa shape index (κ3) is 59.7. The Bertz CT molecular complexity index is 28.9. The monoisotopic (exact) mass is 242 g/mol. The van der Waals surface area contributed by atoms with Crippen LogP contribution in [0.5, 0.6) is 0 Å². The summed E-state index contributed by atoms with van der Waals surface area (Å²) >= 11 is 3.76. The van der Waals surface area contributed by atoms with Crippen LogP contribution < -0.4 is 0 Å². The van der Waals surface area contributed by atoms with Crippen molar-refractivity contribution >= 4 is 32.4 Å². The summed E-state index contributed by atoms with van der Waals surface area (Å²) < 4.78 is 0. The van der Waals surface area contributed by atoms with E-state index in [2.05, 4.69) is 27.4 Å². The van der Waals surface area contributed by atoms with E-state index in [9.17, 15) is 0 Å². The summed E-state index contributed by atoms with van der Waals surface area (Å²) in [5.74, 6) is 0.458. The molecule has 0 fully saturated rings. The number of aliphatic hydroxyl groups excluding tert-OH is 1. The molecule has 8 heavy (non-hydrogen) atoms. The van der Waals surface area contributed by atoms with Crippen molar-refractivity contribution in [2.75, 3.05) is 12.4 Å². The van der Waals surface area contributed by atoms with Crippen LogP contribution in [0.4, 0.5) is 0 Å². The van der Waals surface area contributed by atoms with E-state index in [-0.39, 0.29) is 6.61 Å². The van der Waals surface area contributed by atoms with E-state index in [4.69, 9.17) is 5.11 Å². The first-order valence-corrected chi connectivity index (χ1v) is 11.7. The SMILES string of the molecule is OCC[S-].[CH3][Sn+]([CH3])[CH3]. The van der Waals surface area contributed by atoms with Gasteiger partial charge in [-0.25, -0.2) is 0 Å². The van der Waals surface area contributed by atoms with Gasteiger partial charge in [-0.05, 0) is 0 Å². The Morgan fingerprint density at radius 2 is 1.50 bits per heavy atom. The predicted molar refractivity (Wildman–Crippen MR) is 42.7 cm³/mol. The molecule has 3 heteroatoms. The molecule has 0 aliphatic heterocycles. The van der Waals surface area contributed by atoms with Gasteiger partial charge in [0.2, 0.25) is 0 Å². The van der Waals surface area contributed by atoms with Crippen LogP contribution >= 0.6 is 0 Å². The van der Waals surface area contributed by atoms with Gasteiger partial charge in [-0.1, -0.05) is 0 Å². The van der Waals surface area contributed by atoms with Gasteiger partial charge in [-0.15, -0.1) is 0 Å². The second-order valence-corrected chi connectivity index (χ2v) is 10.9. The van der Waals surface area contributed by atoms with E-state index in [1.165, 1.54) is 0 Å². The Morgan fingerprint density at radius 1 is 1.38 bits per heavy atom. The zero-order valence-electron chi connectivity index (χ0n) is 5.77. The van der Waals surface area contributed by atoms with Crippen LogP contribution in [0.2, 0.25) is 14.8 Å². The Kier molecular flexibility index (Phi) is 16.3. The van der Waals surface area contributed by atoms with Gasteiger partial charge in [0.1, 0.15) is 0 Å². The number of hydrogen-bond donors (Lipinski definition) is 1. The third-order valence-electron chi connectivity index (χ3n) is 0.0913. The fourth-order valence-electron chi connectivity index (χ4n) is 0. The van der Waals surface area contributed by atoms with Crippen LogP contribution in [-0.2, 0) is 12.6 Å². The van der Waals surface area contributed by atoms with Gasteiger partial charge in [0.25, 0.3) is 0 Å². The van der Waals surface area contributed by atoms with Crippen LogP contribution in [0.3, 0.4) is 0 Å². The van der Waals surface area contributed by atoms with Crippen molar-refractivity contribution < 1.29 is 5.11 Å². The zero-order valence-corrected chi connectivity index (χ0v) is 9.44. The first-order chi connectivity index (χ1) is 3.65. The van der Waals surface area contributed by atoms with Crippen LogP contribution in [0, 0.1) is 0 Å². The second-order valence-electron chi connectivity index (χ2n) is 1.93. The number of aliphatic hydroxyl groups is 1. The molecule has 1 N–H and O–H groups in total. The standard InChI is InChI=1S/C2H6OS.3CH3.Sn/c3-1-2-4;;;;/h3-4H,1-2H2;3*1H3;/q;;;;+1/p-1. The minimum absolute atomic E-state index is 0.134. The van der Waals surface area contributed by atoms with E-state index in [0.717, 1.165) is 0 Å². The third-order valence-corrected chi connectivity index (χ3v) is 0.274. The van der Waals surface area contributed by atoms with E-state index >= 15 is 0 Å². The molecule has 0 atom stereocenters. The Balaban J connectivity index is 0. The van der Waals surface area contributed by atoms with Gasteiger partial charge >= 0.3 is 34.6 Å². The summed E-state index contributed by atoms with van der Waals surface area (Å²) in [7, 11) is 0. The molecule has 50 valence electrons. The molecule has 0 aromatic carbocycles. The molecule has 0 spiro atoms. The average Bonchev–Trinajstić information content (AvgIpc) is 1.65. The summed E-state index contributed by atoms with van der Waals surface area (Å²) in [6.07, 6.45) is 0. The maximum absolute atomic E-state index is 7.77. The summed E-state index contributed by atoms with van der Waals surface area (Å²) in [5.41, 5.74) is 0. The molecule has 0 saturated carbocycles. The van der Waals surface area contributed by atoms with Crippen LogP contribution in [0.1, 0.15) is 0 Å². The summed E-state index contributed by atoms with van der Waals surface area (Å²) in [5, 5.41) is 7.77. The predicted octanol–water partition coefficient (Wildman–Crippen LogP) is 0.896. The average molecular weight is 241 g/mol. The van der Waals surface area contributed by atoms with E-state index in [0.29, 0.717) is 5.75 Å². The summed E-state index contributed by atoms with van der Waals surface area (Å²) in [4.78, 5) is 7.09. The van der Waals surface area contributed by atoms with Crippen molar-refractivity contribution in [1.29, 1.82) is 0 Å². The van der Waals surface area contributed by atoms with Gasteiger partial charge in [0.15, 0.2) is 0 Å². The maximum atomic E-state index is 7.77. The molecule has 0 aromatic rings. The quantitative estimate of drug-likeness (QED) is 0.543. The number of rotatable bonds is 1. The molecule has 0 aromatic heterocycles. The first kappa shape index (κ1) is 11.9. The molecule has 1 nitrogen and oxygen atoms in total. The van der Waals surface area contributed by atoms with Gasteiger partial charge in [0, 0.05) is 6.61 Å². The molecule has 0 saturated heterocycles. The van der Waals surface area contributed by atoms with Crippen molar-refractivity contribution in [2.45, 2.75) is 14.8 Å². The van der Waals surface area contributed by atoms with Crippen LogP contribution in [0.25, 0.3) is 0 Å². The van der Waals surface area contributed by atoms with Crippen molar-refractivity contribution in [2.24, 2.45) is 0 Å². The second kappa shape index (κ2) is 11.0. The molecule has 0 radical (unpaired) electrons. The van der Waals surface area contributed by atoms with Gasteiger partial charge in [-0.3, -0.25) is 0 Å². The van der Waals surface area contributed by atoms with E-state index < -0.39 is 19.8 Å². The van der Waals surface area contributed by atoms with Crippen molar-refractivity contribution in [3.63, 3.8) is 0 Å². The molecule has 0 heterocycles. The molecular formula is C5H14OSSn. The zero-order chi connectivity index (χ0) is 6.99. The minimum atomic E-state index is -0.543.